The van der Waals surface area contributed by atoms with E-state index in [1.807, 2.05) is 36.4 Å². The van der Waals surface area contributed by atoms with E-state index in [1.165, 1.54) is 0 Å². The molecule has 0 saturated heterocycles. The molecular formula is C48H34O6. The van der Waals surface area contributed by atoms with E-state index >= 15 is 0 Å². The summed E-state index contributed by atoms with van der Waals surface area (Å²) < 4.78 is 41.8. The Labute approximate surface area is 308 Å². The topological polar surface area (TPSA) is 71.0 Å². The van der Waals surface area contributed by atoms with Crippen molar-refractivity contribution in [3.8, 4) is 44.9 Å². The average molecular weight is 707 g/mol. The third-order valence-corrected chi connectivity index (χ3v) is 11.5. The van der Waals surface area contributed by atoms with Gasteiger partial charge in [-0.15, -0.1) is 0 Å². The normalized spacial score (nSPS) is 12.7. The molecule has 8 aromatic rings. The molecular weight excluding hydrogens is 673 g/mol. The lowest BCUT2D eigenvalue weighted by Crippen LogP contribution is -2.06. The molecule has 0 aliphatic carbocycles. The van der Waals surface area contributed by atoms with Crippen molar-refractivity contribution in [2.75, 3.05) is 13.2 Å². The van der Waals surface area contributed by atoms with Crippen LogP contribution in [-0.2, 0) is 0 Å². The zero-order valence-corrected chi connectivity index (χ0v) is 29.9. The Morgan fingerprint density at radius 1 is 0.389 bits per heavy atom. The maximum Gasteiger partial charge on any atom is 0.178 e. The summed E-state index contributed by atoms with van der Waals surface area (Å²) in [5.41, 5.74) is 12.0. The van der Waals surface area contributed by atoms with Gasteiger partial charge in [-0.1, -0.05) is 87.4 Å². The van der Waals surface area contributed by atoms with E-state index in [4.69, 9.17) is 27.1 Å². The van der Waals surface area contributed by atoms with E-state index < -0.39 is 0 Å². The number of hydrogen-bond acceptors (Lipinski definition) is 6. The summed E-state index contributed by atoms with van der Waals surface area (Å²) in [6.07, 6.45) is 3.76. The van der Waals surface area contributed by atoms with Crippen LogP contribution in [0.4, 0.5) is 0 Å². The lowest BCUT2D eigenvalue weighted by atomic mass is 9.83. The molecule has 6 nitrogen and oxygen atoms in total. The summed E-state index contributed by atoms with van der Waals surface area (Å²) in [5, 5.41) is 8.27. The van der Waals surface area contributed by atoms with Gasteiger partial charge in [0.1, 0.15) is 33.5 Å². The van der Waals surface area contributed by atoms with Crippen molar-refractivity contribution in [3.63, 3.8) is 0 Å². The van der Waals surface area contributed by atoms with Crippen LogP contribution in [0, 0.1) is 0 Å². The van der Waals surface area contributed by atoms with Crippen LogP contribution in [0.5, 0.6) is 11.5 Å². The highest BCUT2D eigenvalue weighted by Gasteiger charge is 2.35. The fraction of sp³-hybridized carbons (Fsp3) is 0.167. The summed E-state index contributed by atoms with van der Waals surface area (Å²) in [6.45, 7) is 5.42. The Bertz CT molecular complexity index is 3090. The first-order valence-electron chi connectivity index (χ1n) is 19.1. The number of ether oxygens (including phenoxy) is 2. The Hall–Kier alpha value is -6.40. The van der Waals surface area contributed by atoms with Crippen molar-refractivity contribution >= 4 is 87.8 Å². The molecule has 0 saturated carbocycles. The minimum atomic E-state index is 0.526. The second-order valence-corrected chi connectivity index (χ2v) is 14.6. The monoisotopic (exact) mass is 706 g/mol. The summed E-state index contributed by atoms with van der Waals surface area (Å²) in [7, 11) is 0. The maximum atomic E-state index is 7.07. The summed E-state index contributed by atoms with van der Waals surface area (Å²) in [4.78, 5) is 0. The zero-order valence-electron chi connectivity index (χ0n) is 29.9. The number of unbranched alkanes of at least 4 members (excludes halogenated alkanes) is 2. The lowest BCUT2D eigenvalue weighted by Gasteiger charge is -2.27. The Morgan fingerprint density at radius 3 is 1.26 bits per heavy atom. The predicted molar refractivity (Wildman–Crippen MR) is 217 cm³/mol. The molecule has 0 aromatic heterocycles. The van der Waals surface area contributed by atoms with E-state index in [9.17, 15) is 0 Å². The SMILES string of the molecule is CCCCOc1c(-c2c(OCCCC)c3oc4cccc5ccc6oc7cccc2c7c3-c6c54)c2cccc3oc4ccc5cccc6oc1c(c32)-c4c56. The second kappa shape index (κ2) is 11.1. The van der Waals surface area contributed by atoms with Gasteiger partial charge >= 0.3 is 0 Å². The van der Waals surface area contributed by atoms with E-state index in [2.05, 4.69) is 74.5 Å². The highest BCUT2D eigenvalue weighted by Crippen LogP contribution is 2.60. The highest BCUT2D eigenvalue weighted by atomic mass is 16.5. The molecule has 8 aromatic carbocycles. The number of rotatable bonds is 9. The smallest absolute Gasteiger partial charge is 0.178 e. The summed E-state index contributed by atoms with van der Waals surface area (Å²) >= 11 is 0. The highest BCUT2D eigenvalue weighted by molar-refractivity contribution is 6.32. The first-order chi connectivity index (χ1) is 26.7. The van der Waals surface area contributed by atoms with Gasteiger partial charge in [0.05, 0.1) is 13.2 Å². The molecule has 4 aliphatic rings. The zero-order chi connectivity index (χ0) is 35.7. The van der Waals surface area contributed by atoms with E-state index in [-0.39, 0.29) is 0 Å². The van der Waals surface area contributed by atoms with Crippen LogP contribution in [-0.4, -0.2) is 13.2 Å². The first-order valence-corrected chi connectivity index (χ1v) is 19.1. The van der Waals surface area contributed by atoms with Gasteiger partial charge < -0.3 is 27.1 Å². The molecule has 0 amide bonds. The van der Waals surface area contributed by atoms with Crippen LogP contribution in [0.25, 0.3) is 121 Å². The van der Waals surface area contributed by atoms with Crippen LogP contribution < -0.4 is 9.47 Å². The number of hydrogen-bond donors (Lipinski definition) is 0. The van der Waals surface area contributed by atoms with Gasteiger partial charge in [-0.3, -0.25) is 0 Å². The third kappa shape index (κ3) is 3.84. The lowest BCUT2D eigenvalue weighted by molar-refractivity contribution is 0.306. The predicted octanol–water partition coefficient (Wildman–Crippen LogP) is 14.4. The Morgan fingerprint density at radius 2 is 0.815 bits per heavy atom. The standard InChI is InChI=1S/C48H34O6/c1-3-5-23-49-45-39(27-13-9-17-31-37(27)43-41-33(51-31)21-19-25-11-7-15-29(35(25)41)53-47(43)45)40-28-14-10-18-32-38(28)44-42-34(52-32)22-20-26-12-8-16-30(36(26)42)54-48(44)46(40)50-24-6-4-2/h7-22H,3-6,23-24H2,1-2H3. The van der Waals surface area contributed by atoms with Gasteiger partial charge in [0.2, 0.25) is 0 Å². The van der Waals surface area contributed by atoms with Crippen LogP contribution in [0.1, 0.15) is 39.5 Å². The molecule has 54 heavy (non-hydrogen) atoms. The minimum Gasteiger partial charge on any atom is -0.489 e. The van der Waals surface area contributed by atoms with Crippen molar-refractivity contribution in [1.29, 1.82) is 0 Å². The van der Waals surface area contributed by atoms with E-state index in [0.29, 0.717) is 35.9 Å². The molecule has 0 spiro atoms. The van der Waals surface area contributed by atoms with Crippen molar-refractivity contribution in [1.82, 2.24) is 0 Å². The number of benzene rings is 8. The Balaban J connectivity index is 1.33. The largest absolute Gasteiger partial charge is 0.489 e. The average Bonchev–Trinajstić information content (AvgIpc) is 3.20. The quantitative estimate of drug-likeness (QED) is 0.0845. The van der Waals surface area contributed by atoms with Crippen LogP contribution in [0.15, 0.2) is 115 Å². The van der Waals surface area contributed by atoms with Crippen molar-refractivity contribution in [2.45, 2.75) is 39.5 Å². The van der Waals surface area contributed by atoms with Crippen molar-refractivity contribution in [3.05, 3.63) is 97.1 Å². The van der Waals surface area contributed by atoms with Crippen LogP contribution in [0.3, 0.4) is 0 Å². The molecule has 12 rings (SSSR count). The first kappa shape index (κ1) is 30.1. The van der Waals surface area contributed by atoms with Gasteiger partial charge in [-0.05, 0) is 70.8 Å². The maximum absolute atomic E-state index is 7.07. The molecule has 0 fully saturated rings. The van der Waals surface area contributed by atoms with Gasteiger partial charge in [-0.25, -0.2) is 0 Å². The van der Waals surface area contributed by atoms with Crippen LogP contribution >= 0.6 is 0 Å². The molecule has 0 unspecified atom stereocenters. The van der Waals surface area contributed by atoms with E-state index in [0.717, 1.165) is 136 Å². The minimum absolute atomic E-state index is 0.526. The van der Waals surface area contributed by atoms with Gasteiger partial charge in [-0.2, -0.15) is 0 Å². The third-order valence-electron chi connectivity index (χ3n) is 11.5. The summed E-state index contributed by atoms with van der Waals surface area (Å²) in [6, 6.07) is 33.4. The molecule has 0 N–H and O–H groups in total. The molecule has 262 valence electrons. The van der Waals surface area contributed by atoms with Gasteiger partial charge in [0, 0.05) is 54.9 Å². The fourth-order valence-electron chi connectivity index (χ4n) is 9.12. The second-order valence-electron chi connectivity index (χ2n) is 14.6. The van der Waals surface area contributed by atoms with E-state index in [1.54, 1.807) is 0 Å². The molecule has 0 bridgehead atoms. The summed E-state index contributed by atoms with van der Waals surface area (Å²) in [5.74, 6) is 1.37. The van der Waals surface area contributed by atoms with Crippen molar-refractivity contribution < 1.29 is 27.1 Å². The van der Waals surface area contributed by atoms with Gasteiger partial charge in [0.15, 0.2) is 22.7 Å². The Kier molecular flexibility index (Phi) is 6.17. The molecule has 4 aliphatic heterocycles. The molecule has 6 heteroatoms. The fourth-order valence-corrected chi connectivity index (χ4v) is 9.12. The molecule has 0 radical (unpaired) electrons. The molecule has 4 heterocycles. The molecule has 0 atom stereocenters. The van der Waals surface area contributed by atoms with Gasteiger partial charge in [0.25, 0.3) is 0 Å². The van der Waals surface area contributed by atoms with Crippen molar-refractivity contribution in [2.24, 2.45) is 0 Å². The van der Waals surface area contributed by atoms with Crippen LogP contribution in [0.2, 0.25) is 0 Å².